The van der Waals surface area contributed by atoms with E-state index in [0.717, 1.165) is 0 Å². The van der Waals surface area contributed by atoms with Gasteiger partial charge >= 0.3 is 5.97 Å². The molecular weight excluding hydrogens is 280 g/mol. The molecule has 5 nitrogen and oxygen atoms in total. The normalized spacial score (nSPS) is 21.8. The molecule has 1 heterocycles. The van der Waals surface area contributed by atoms with Crippen LogP contribution in [-0.4, -0.2) is 47.1 Å². The van der Waals surface area contributed by atoms with E-state index in [0.29, 0.717) is 13.1 Å². The average Bonchev–Trinajstić information content (AvgIpc) is 2.45. The van der Waals surface area contributed by atoms with Crippen LogP contribution in [0.3, 0.4) is 0 Å². The van der Waals surface area contributed by atoms with Crippen LogP contribution >= 0.6 is 0 Å². The Hall–Kier alpha value is -2.04. The van der Waals surface area contributed by atoms with Crippen molar-refractivity contribution in [3.8, 4) is 0 Å². The monoisotopic (exact) mass is 304 g/mol. The number of rotatable bonds is 4. The Morgan fingerprint density at radius 3 is 2.14 bits per heavy atom. The number of hydrogen-bond donors (Lipinski definition) is 1. The lowest BCUT2D eigenvalue weighted by atomic mass is 10.0. The number of carboxylic acids is 1. The van der Waals surface area contributed by atoms with Crippen molar-refractivity contribution in [3.63, 3.8) is 0 Å². The second-order valence-corrected chi connectivity index (χ2v) is 6.13. The summed E-state index contributed by atoms with van der Waals surface area (Å²) in [6.07, 6.45) is -0.0148. The first-order valence-corrected chi connectivity index (χ1v) is 7.73. The molecule has 2 rings (SSSR count). The smallest absolute Gasteiger partial charge is 0.303 e. The van der Waals surface area contributed by atoms with Gasteiger partial charge < -0.3 is 14.9 Å². The van der Waals surface area contributed by atoms with Crippen molar-refractivity contribution in [3.05, 3.63) is 29.8 Å². The fourth-order valence-corrected chi connectivity index (χ4v) is 3.12. The van der Waals surface area contributed by atoms with Crippen LogP contribution in [0, 0.1) is 6.92 Å². The van der Waals surface area contributed by atoms with Crippen LogP contribution in [0.1, 0.15) is 32.3 Å². The largest absolute Gasteiger partial charge is 0.481 e. The zero-order valence-electron chi connectivity index (χ0n) is 13.5. The Bertz CT molecular complexity index is 529. The second-order valence-electron chi connectivity index (χ2n) is 6.13. The van der Waals surface area contributed by atoms with Crippen LogP contribution in [0.15, 0.2) is 24.3 Å². The lowest BCUT2D eigenvalue weighted by Crippen LogP contribution is -2.58. The molecule has 1 aliphatic rings. The molecule has 0 unspecified atom stereocenters. The number of carbonyl (C=O) groups excluding carboxylic acids is 1. The highest BCUT2D eigenvalue weighted by molar-refractivity contribution is 5.81. The fraction of sp³-hybridized carbons (Fsp3) is 0.529. The molecule has 0 saturated carbocycles. The number of aryl methyl sites for hydroxylation is 1. The third-order valence-corrected chi connectivity index (χ3v) is 4.16. The number of benzene rings is 1. The first kappa shape index (κ1) is 16.3. The lowest BCUT2D eigenvalue weighted by molar-refractivity contribution is -0.141. The molecule has 1 saturated heterocycles. The van der Waals surface area contributed by atoms with Crippen LogP contribution in [0.25, 0.3) is 0 Å². The van der Waals surface area contributed by atoms with E-state index in [9.17, 15) is 9.59 Å². The molecule has 0 bridgehead atoms. The fourth-order valence-electron chi connectivity index (χ4n) is 3.12. The SMILES string of the molecule is Cc1ccc(N2[C@@H](C)CN(C(=O)CCC(=O)O)C[C@@H]2C)cc1. The standard InChI is InChI=1S/C17H24N2O3/c1-12-4-6-15(7-5-12)19-13(2)10-18(11-14(19)3)16(20)8-9-17(21)22/h4-7,13-14H,8-11H2,1-3H3,(H,21,22)/t13-,14-/m0/s1. The van der Waals surface area contributed by atoms with Gasteiger partial charge in [-0.25, -0.2) is 0 Å². The minimum absolute atomic E-state index is 0.0651. The summed E-state index contributed by atoms with van der Waals surface area (Å²) in [6, 6.07) is 8.84. The van der Waals surface area contributed by atoms with E-state index in [4.69, 9.17) is 5.11 Å². The maximum absolute atomic E-state index is 12.1. The Morgan fingerprint density at radius 1 is 1.09 bits per heavy atom. The lowest BCUT2D eigenvalue weighted by Gasteiger charge is -2.46. The maximum Gasteiger partial charge on any atom is 0.303 e. The molecule has 0 radical (unpaired) electrons. The number of anilines is 1. The van der Waals surface area contributed by atoms with E-state index in [1.165, 1.54) is 11.3 Å². The van der Waals surface area contributed by atoms with Gasteiger partial charge in [0.1, 0.15) is 0 Å². The Labute approximate surface area is 131 Å². The van der Waals surface area contributed by atoms with Crippen molar-refractivity contribution in [2.24, 2.45) is 0 Å². The van der Waals surface area contributed by atoms with Crippen molar-refractivity contribution in [1.29, 1.82) is 0 Å². The number of carbonyl (C=O) groups is 2. The van der Waals surface area contributed by atoms with Crippen molar-refractivity contribution in [2.75, 3.05) is 18.0 Å². The number of carboxylic acid groups (broad SMARTS) is 1. The minimum Gasteiger partial charge on any atom is -0.481 e. The third-order valence-electron chi connectivity index (χ3n) is 4.16. The molecule has 0 aromatic heterocycles. The first-order chi connectivity index (χ1) is 10.4. The van der Waals surface area contributed by atoms with E-state index in [-0.39, 0.29) is 30.8 Å². The van der Waals surface area contributed by atoms with Crippen molar-refractivity contribution in [1.82, 2.24) is 4.90 Å². The molecular formula is C17H24N2O3. The topological polar surface area (TPSA) is 60.9 Å². The Balaban J connectivity index is 2.04. The van der Waals surface area contributed by atoms with E-state index >= 15 is 0 Å². The van der Waals surface area contributed by atoms with Crippen molar-refractivity contribution >= 4 is 17.6 Å². The van der Waals surface area contributed by atoms with Crippen LogP contribution in [0.2, 0.25) is 0 Å². The maximum atomic E-state index is 12.1. The number of nitrogens with zero attached hydrogens (tertiary/aromatic N) is 2. The molecule has 0 spiro atoms. The minimum atomic E-state index is -0.923. The van der Waals surface area contributed by atoms with Gasteiger partial charge in [0, 0.05) is 37.3 Å². The number of aliphatic carboxylic acids is 1. The van der Waals surface area contributed by atoms with Gasteiger partial charge in [0.05, 0.1) is 6.42 Å². The molecule has 1 N–H and O–H groups in total. The molecule has 2 atom stereocenters. The van der Waals surface area contributed by atoms with E-state index in [1.54, 1.807) is 4.90 Å². The quantitative estimate of drug-likeness (QED) is 0.927. The molecule has 1 fully saturated rings. The molecule has 0 aliphatic carbocycles. The predicted molar refractivity (Wildman–Crippen MR) is 86.0 cm³/mol. The highest BCUT2D eigenvalue weighted by atomic mass is 16.4. The van der Waals surface area contributed by atoms with Crippen molar-refractivity contribution < 1.29 is 14.7 Å². The first-order valence-electron chi connectivity index (χ1n) is 7.73. The second kappa shape index (κ2) is 6.81. The van der Waals surface area contributed by atoms with Gasteiger partial charge in [-0.2, -0.15) is 0 Å². The zero-order chi connectivity index (χ0) is 16.3. The summed E-state index contributed by atoms with van der Waals surface area (Å²) in [5.41, 5.74) is 2.40. The highest BCUT2D eigenvalue weighted by Gasteiger charge is 2.31. The summed E-state index contributed by atoms with van der Waals surface area (Å²) in [6.45, 7) is 7.54. The Kier molecular flexibility index (Phi) is 5.06. The summed E-state index contributed by atoms with van der Waals surface area (Å²) < 4.78 is 0. The summed E-state index contributed by atoms with van der Waals surface area (Å²) in [5.74, 6) is -0.989. The molecule has 1 aliphatic heterocycles. The molecule has 22 heavy (non-hydrogen) atoms. The summed E-state index contributed by atoms with van der Waals surface area (Å²) in [4.78, 5) is 26.9. The zero-order valence-corrected chi connectivity index (χ0v) is 13.5. The van der Waals surface area contributed by atoms with E-state index in [1.807, 2.05) is 0 Å². The van der Waals surface area contributed by atoms with Gasteiger partial charge in [-0.3, -0.25) is 9.59 Å². The van der Waals surface area contributed by atoms with Crippen LogP contribution in [0.5, 0.6) is 0 Å². The molecule has 1 amide bonds. The molecule has 1 aromatic carbocycles. The van der Waals surface area contributed by atoms with Gasteiger partial charge in [-0.1, -0.05) is 17.7 Å². The van der Waals surface area contributed by atoms with Gasteiger partial charge in [0.2, 0.25) is 5.91 Å². The number of piperazine rings is 1. The number of hydrogen-bond acceptors (Lipinski definition) is 3. The number of amides is 1. The van der Waals surface area contributed by atoms with E-state index < -0.39 is 5.97 Å². The van der Waals surface area contributed by atoms with Crippen LogP contribution in [-0.2, 0) is 9.59 Å². The van der Waals surface area contributed by atoms with Gasteiger partial charge in [-0.15, -0.1) is 0 Å². The van der Waals surface area contributed by atoms with Crippen LogP contribution < -0.4 is 4.90 Å². The average molecular weight is 304 g/mol. The highest BCUT2D eigenvalue weighted by Crippen LogP contribution is 2.25. The molecule has 120 valence electrons. The Morgan fingerprint density at radius 2 is 1.64 bits per heavy atom. The van der Waals surface area contributed by atoms with Gasteiger partial charge in [-0.05, 0) is 32.9 Å². The van der Waals surface area contributed by atoms with Gasteiger partial charge in [0.25, 0.3) is 0 Å². The van der Waals surface area contributed by atoms with Gasteiger partial charge in [0.15, 0.2) is 0 Å². The summed E-state index contributed by atoms with van der Waals surface area (Å²) in [7, 11) is 0. The predicted octanol–water partition coefficient (Wildman–Crippen LogP) is 2.29. The molecule has 5 heteroatoms. The van der Waals surface area contributed by atoms with E-state index in [2.05, 4.69) is 49.9 Å². The van der Waals surface area contributed by atoms with Crippen LogP contribution in [0.4, 0.5) is 5.69 Å². The summed E-state index contributed by atoms with van der Waals surface area (Å²) in [5, 5.41) is 8.70. The third kappa shape index (κ3) is 3.78. The molecule has 1 aromatic rings. The van der Waals surface area contributed by atoms with Crippen molar-refractivity contribution in [2.45, 2.75) is 45.7 Å². The summed E-state index contributed by atoms with van der Waals surface area (Å²) >= 11 is 0.